The minimum atomic E-state index is -4.62. The quantitative estimate of drug-likeness (QED) is 0.701. The van der Waals surface area contributed by atoms with Gasteiger partial charge in [0.1, 0.15) is 17.1 Å². The number of nitrogens with zero attached hydrogens (tertiary/aromatic N) is 2. The minimum absolute atomic E-state index is 0.0890. The molecular weight excluding hydrogens is 328 g/mol. The molecule has 2 aromatic heterocycles. The largest absolute Gasteiger partial charge is 0.456 e. The number of nitrogens with two attached hydrogens (primary N) is 1. The summed E-state index contributed by atoms with van der Waals surface area (Å²) in [6.45, 7) is 1.67. The molecule has 9 heteroatoms. The van der Waals surface area contributed by atoms with Gasteiger partial charge >= 0.3 is 6.18 Å². The molecule has 0 aliphatic carbocycles. The Balaban J connectivity index is 1.85. The van der Waals surface area contributed by atoms with E-state index in [2.05, 4.69) is 15.3 Å². The van der Waals surface area contributed by atoms with Gasteiger partial charge in [-0.2, -0.15) is 18.2 Å². The van der Waals surface area contributed by atoms with Crippen LogP contribution in [0.5, 0.6) is 0 Å². The molecule has 126 valence electrons. The van der Waals surface area contributed by atoms with Crippen molar-refractivity contribution in [2.45, 2.75) is 19.1 Å². The number of anilines is 2. The number of para-hydroxylation sites is 1. The van der Waals surface area contributed by atoms with E-state index in [0.29, 0.717) is 17.3 Å². The number of fused-ring (bicyclic) bond motifs is 1. The Morgan fingerprint density at radius 1 is 1.29 bits per heavy atom. The lowest BCUT2D eigenvalue weighted by Gasteiger charge is -2.13. The van der Waals surface area contributed by atoms with E-state index in [4.69, 9.17) is 10.2 Å². The number of hydrogen-bond acceptors (Lipinski definition) is 5. The number of nitrogens with one attached hydrogen (secondary N) is 1. The predicted octanol–water partition coefficient (Wildman–Crippen LogP) is 4.14. The maximum Gasteiger partial charge on any atom is 0.421 e. The van der Waals surface area contributed by atoms with Crippen LogP contribution in [0.4, 0.5) is 29.3 Å². The third-order valence-electron chi connectivity index (χ3n) is 3.41. The first-order valence-corrected chi connectivity index (χ1v) is 6.90. The van der Waals surface area contributed by atoms with Crippen LogP contribution in [-0.4, -0.2) is 9.97 Å². The van der Waals surface area contributed by atoms with Crippen LogP contribution in [-0.2, 0) is 6.18 Å². The number of halogens is 4. The lowest BCUT2D eigenvalue weighted by Crippen LogP contribution is -2.14. The molecule has 1 atom stereocenters. The fourth-order valence-corrected chi connectivity index (χ4v) is 2.21. The highest BCUT2D eigenvalue weighted by atomic mass is 19.4. The van der Waals surface area contributed by atoms with Crippen molar-refractivity contribution in [1.82, 2.24) is 9.97 Å². The molecule has 3 N–H and O–H groups in total. The summed E-state index contributed by atoms with van der Waals surface area (Å²) in [6.07, 6.45) is -4.01. The highest BCUT2D eigenvalue weighted by Gasteiger charge is 2.34. The first kappa shape index (κ1) is 16.0. The first-order chi connectivity index (χ1) is 11.3. The van der Waals surface area contributed by atoms with Crippen LogP contribution in [0.3, 0.4) is 0 Å². The third-order valence-corrected chi connectivity index (χ3v) is 3.41. The summed E-state index contributed by atoms with van der Waals surface area (Å²) in [5.41, 5.74) is 4.32. The highest BCUT2D eigenvalue weighted by molar-refractivity contribution is 5.78. The second-order valence-electron chi connectivity index (χ2n) is 5.16. The molecule has 0 radical (unpaired) electrons. The van der Waals surface area contributed by atoms with Crippen molar-refractivity contribution >= 4 is 22.7 Å². The molecule has 24 heavy (non-hydrogen) atoms. The maximum atomic E-state index is 13.6. The van der Waals surface area contributed by atoms with E-state index >= 15 is 0 Å². The molecule has 3 rings (SSSR count). The van der Waals surface area contributed by atoms with Crippen LogP contribution in [0.15, 0.2) is 34.9 Å². The lowest BCUT2D eigenvalue weighted by atomic mass is 10.2. The number of benzene rings is 1. The summed E-state index contributed by atoms with van der Waals surface area (Å²) >= 11 is 0. The average Bonchev–Trinajstić information content (AvgIpc) is 2.91. The van der Waals surface area contributed by atoms with Crippen molar-refractivity contribution in [3.05, 3.63) is 47.6 Å². The first-order valence-electron chi connectivity index (χ1n) is 6.90. The molecule has 0 amide bonds. The second kappa shape index (κ2) is 5.66. The number of nitrogen functional groups attached to an aromatic ring is 1. The van der Waals surface area contributed by atoms with E-state index < -0.39 is 29.4 Å². The van der Waals surface area contributed by atoms with Gasteiger partial charge < -0.3 is 15.5 Å². The number of rotatable bonds is 3. The van der Waals surface area contributed by atoms with Gasteiger partial charge in [-0.25, -0.2) is 9.37 Å². The van der Waals surface area contributed by atoms with E-state index in [1.54, 1.807) is 25.1 Å². The van der Waals surface area contributed by atoms with Crippen molar-refractivity contribution in [2.24, 2.45) is 0 Å². The van der Waals surface area contributed by atoms with Gasteiger partial charge in [-0.3, -0.25) is 0 Å². The van der Waals surface area contributed by atoms with Crippen LogP contribution in [0.25, 0.3) is 11.0 Å². The molecule has 0 bridgehead atoms. The van der Waals surface area contributed by atoms with Crippen molar-refractivity contribution in [1.29, 1.82) is 0 Å². The maximum absolute atomic E-state index is 13.6. The van der Waals surface area contributed by atoms with Crippen molar-refractivity contribution in [3.8, 4) is 0 Å². The summed E-state index contributed by atoms with van der Waals surface area (Å²) in [6, 6.07) is 5.63. The van der Waals surface area contributed by atoms with Crippen molar-refractivity contribution in [3.63, 3.8) is 0 Å². The molecule has 0 aliphatic rings. The normalized spacial score (nSPS) is 13.2. The Morgan fingerprint density at radius 3 is 2.67 bits per heavy atom. The highest BCUT2D eigenvalue weighted by Crippen LogP contribution is 2.33. The Hall–Kier alpha value is -2.84. The zero-order valence-corrected chi connectivity index (χ0v) is 12.4. The number of aromatic nitrogens is 2. The van der Waals surface area contributed by atoms with E-state index in [1.165, 1.54) is 6.07 Å². The van der Waals surface area contributed by atoms with E-state index in [1.807, 2.05) is 0 Å². The molecule has 0 aliphatic heterocycles. The fourth-order valence-electron chi connectivity index (χ4n) is 2.21. The lowest BCUT2D eigenvalue weighted by molar-refractivity contribution is -0.137. The van der Waals surface area contributed by atoms with E-state index in [9.17, 15) is 17.6 Å². The van der Waals surface area contributed by atoms with Gasteiger partial charge in [-0.1, -0.05) is 12.1 Å². The third kappa shape index (κ3) is 2.97. The predicted molar refractivity (Wildman–Crippen MR) is 79.7 cm³/mol. The van der Waals surface area contributed by atoms with Crippen molar-refractivity contribution in [2.75, 3.05) is 11.1 Å². The molecule has 2 heterocycles. The Kier molecular flexibility index (Phi) is 3.78. The monoisotopic (exact) mass is 340 g/mol. The Morgan fingerprint density at radius 2 is 2.04 bits per heavy atom. The van der Waals surface area contributed by atoms with E-state index in [-0.39, 0.29) is 11.5 Å². The standard InChI is InChI=1S/C15H12F4N4O/c1-7(11-5-8-3-2-4-10(16)12(8)24-11)22-14-21-6-9(13(20)23-14)15(17,18)19/h2-7H,1H3,(H3,20,21,22,23). The summed E-state index contributed by atoms with van der Waals surface area (Å²) in [4.78, 5) is 7.20. The van der Waals surface area contributed by atoms with Crippen LogP contribution < -0.4 is 11.1 Å². The zero-order chi connectivity index (χ0) is 17.5. The van der Waals surface area contributed by atoms with Gasteiger partial charge in [0.25, 0.3) is 0 Å². The number of alkyl halides is 3. The van der Waals surface area contributed by atoms with Gasteiger partial charge in [-0.15, -0.1) is 0 Å². The van der Waals surface area contributed by atoms with Crippen LogP contribution in [0.1, 0.15) is 24.3 Å². The van der Waals surface area contributed by atoms with Gasteiger partial charge in [0.05, 0.1) is 6.04 Å². The fraction of sp³-hybridized carbons (Fsp3) is 0.200. The minimum Gasteiger partial charge on any atom is -0.456 e. The van der Waals surface area contributed by atoms with Crippen LogP contribution in [0, 0.1) is 5.82 Å². The molecule has 0 spiro atoms. The van der Waals surface area contributed by atoms with Gasteiger partial charge in [0.15, 0.2) is 11.4 Å². The topological polar surface area (TPSA) is 77.0 Å². The summed E-state index contributed by atoms with van der Waals surface area (Å²) in [7, 11) is 0. The number of hydrogen-bond donors (Lipinski definition) is 2. The molecular formula is C15H12F4N4O. The van der Waals surface area contributed by atoms with Gasteiger partial charge in [-0.05, 0) is 19.1 Å². The number of furan rings is 1. The molecule has 3 aromatic rings. The molecule has 0 saturated carbocycles. The molecule has 0 saturated heterocycles. The van der Waals surface area contributed by atoms with Crippen LogP contribution in [0.2, 0.25) is 0 Å². The molecule has 1 aromatic carbocycles. The Labute approximate surface area is 133 Å². The smallest absolute Gasteiger partial charge is 0.421 e. The van der Waals surface area contributed by atoms with Gasteiger partial charge in [0, 0.05) is 11.6 Å². The van der Waals surface area contributed by atoms with Crippen molar-refractivity contribution < 1.29 is 22.0 Å². The summed E-state index contributed by atoms with van der Waals surface area (Å²) < 4.78 is 57.0. The van der Waals surface area contributed by atoms with Crippen LogP contribution >= 0.6 is 0 Å². The van der Waals surface area contributed by atoms with Gasteiger partial charge in [0.2, 0.25) is 5.95 Å². The SMILES string of the molecule is CC(Nc1ncc(C(F)(F)F)c(N)n1)c1cc2cccc(F)c2o1. The molecule has 5 nitrogen and oxygen atoms in total. The van der Waals surface area contributed by atoms with E-state index in [0.717, 1.165) is 0 Å². The average molecular weight is 340 g/mol. The summed E-state index contributed by atoms with van der Waals surface area (Å²) in [5.74, 6) is -0.880. The Bertz CT molecular complexity index is 891. The second-order valence-corrected chi connectivity index (χ2v) is 5.16. The summed E-state index contributed by atoms with van der Waals surface area (Å²) in [5, 5.41) is 3.35. The molecule has 0 fully saturated rings. The molecule has 1 unspecified atom stereocenters. The zero-order valence-electron chi connectivity index (χ0n) is 12.4.